The van der Waals surface area contributed by atoms with Crippen molar-refractivity contribution in [3.05, 3.63) is 54.1 Å². The van der Waals surface area contributed by atoms with Crippen LogP contribution in [-0.2, 0) is 4.79 Å². The number of benzene rings is 2. The molecule has 1 amide bonds. The Morgan fingerprint density at radius 2 is 1.72 bits per heavy atom. The SMILES string of the molecule is Cc1cccc(NC(=O)CNc2ccc(N3CCN(C)CC3)cc2)c1. The first-order valence-corrected chi connectivity index (χ1v) is 8.74. The summed E-state index contributed by atoms with van der Waals surface area (Å²) in [5, 5.41) is 6.08. The molecule has 0 aromatic heterocycles. The summed E-state index contributed by atoms with van der Waals surface area (Å²) in [5.41, 5.74) is 4.16. The molecular weight excluding hydrogens is 312 g/mol. The fourth-order valence-corrected chi connectivity index (χ4v) is 2.97. The highest BCUT2D eigenvalue weighted by Gasteiger charge is 2.13. The van der Waals surface area contributed by atoms with Gasteiger partial charge >= 0.3 is 0 Å². The minimum atomic E-state index is -0.0475. The highest BCUT2D eigenvalue weighted by molar-refractivity contribution is 5.93. The lowest BCUT2D eigenvalue weighted by Crippen LogP contribution is -2.44. The zero-order chi connectivity index (χ0) is 17.6. The van der Waals surface area contributed by atoms with Crippen molar-refractivity contribution in [2.45, 2.75) is 6.92 Å². The minimum Gasteiger partial charge on any atom is -0.376 e. The molecule has 0 saturated carbocycles. The fraction of sp³-hybridized carbons (Fsp3) is 0.350. The molecular formula is C20H26N4O. The Labute approximate surface area is 149 Å². The highest BCUT2D eigenvalue weighted by atomic mass is 16.1. The van der Waals surface area contributed by atoms with E-state index in [1.54, 1.807) is 0 Å². The summed E-state index contributed by atoms with van der Waals surface area (Å²) in [6, 6.07) is 16.1. The van der Waals surface area contributed by atoms with Crippen LogP contribution in [0.5, 0.6) is 0 Å². The van der Waals surface area contributed by atoms with E-state index in [0.717, 1.165) is 43.1 Å². The number of hydrogen-bond donors (Lipinski definition) is 2. The Balaban J connectivity index is 1.49. The summed E-state index contributed by atoms with van der Waals surface area (Å²) in [7, 11) is 2.16. The van der Waals surface area contributed by atoms with Gasteiger partial charge in [-0.2, -0.15) is 0 Å². The molecule has 1 aliphatic rings. The van der Waals surface area contributed by atoms with Crippen LogP contribution >= 0.6 is 0 Å². The minimum absolute atomic E-state index is 0.0475. The summed E-state index contributed by atoms with van der Waals surface area (Å²) < 4.78 is 0. The molecule has 1 heterocycles. The van der Waals surface area contributed by atoms with E-state index in [9.17, 15) is 4.79 Å². The molecule has 0 radical (unpaired) electrons. The smallest absolute Gasteiger partial charge is 0.243 e. The van der Waals surface area contributed by atoms with E-state index in [1.807, 2.05) is 43.3 Å². The molecule has 0 atom stereocenters. The van der Waals surface area contributed by atoms with Crippen LogP contribution in [0.25, 0.3) is 0 Å². The van der Waals surface area contributed by atoms with Gasteiger partial charge in [0.05, 0.1) is 6.54 Å². The second kappa shape index (κ2) is 8.03. The lowest BCUT2D eigenvalue weighted by molar-refractivity contribution is -0.114. The van der Waals surface area contributed by atoms with Crippen LogP contribution in [-0.4, -0.2) is 50.6 Å². The second-order valence-electron chi connectivity index (χ2n) is 6.61. The number of hydrogen-bond acceptors (Lipinski definition) is 4. The lowest BCUT2D eigenvalue weighted by Gasteiger charge is -2.34. The normalized spacial score (nSPS) is 15.0. The molecule has 5 nitrogen and oxygen atoms in total. The van der Waals surface area contributed by atoms with Crippen LogP contribution in [0.15, 0.2) is 48.5 Å². The number of nitrogens with zero attached hydrogens (tertiary/aromatic N) is 2. The molecule has 25 heavy (non-hydrogen) atoms. The van der Waals surface area contributed by atoms with E-state index in [2.05, 4.69) is 39.6 Å². The van der Waals surface area contributed by atoms with Gasteiger partial charge in [0, 0.05) is 43.2 Å². The third kappa shape index (κ3) is 4.97. The van der Waals surface area contributed by atoms with Crippen molar-refractivity contribution in [2.75, 3.05) is 55.3 Å². The second-order valence-corrected chi connectivity index (χ2v) is 6.61. The number of carbonyl (C=O) groups excluding carboxylic acids is 1. The van der Waals surface area contributed by atoms with Gasteiger partial charge in [-0.25, -0.2) is 0 Å². The first-order valence-electron chi connectivity index (χ1n) is 8.74. The maximum absolute atomic E-state index is 12.1. The number of likely N-dealkylation sites (N-methyl/N-ethyl adjacent to an activating group) is 1. The molecule has 2 N–H and O–H groups in total. The predicted octanol–water partition coefficient (Wildman–Crippen LogP) is 2.80. The van der Waals surface area contributed by atoms with Crippen molar-refractivity contribution in [3.8, 4) is 0 Å². The van der Waals surface area contributed by atoms with Crippen LogP contribution in [0.1, 0.15) is 5.56 Å². The number of amides is 1. The molecule has 132 valence electrons. The maximum Gasteiger partial charge on any atom is 0.243 e. The van der Waals surface area contributed by atoms with Crippen molar-refractivity contribution < 1.29 is 4.79 Å². The van der Waals surface area contributed by atoms with Crippen molar-refractivity contribution in [1.29, 1.82) is 0 Å². The van der Waals surface area contributed by atoms with Crippen molar-refractivity contribution >= 4 is 23.0 Å². The molecule has 1 fully saturated rings. The first kappa shape index (κ1) is 17.3. The molecule has 0 bridgehead atoms. The van der Waals surface area contributed by atoms with Crippen molar-refractivity contribution in [2.24, 2.45) is 0 Å². The Morgan fingerprint density at radius 1 is 1.00 bits per heavy atom. The van der Waals surface area contributed by atoms with E-state index in [1.165, 1.54) is 5.69 Å². The van der Waals surface area contributed by atoms with Crippen LogP contribution in [0.4, 0.5) is 17.1 Å². The average molecular weight is 338 g/mol. The van der Waals surface area contributed by atoms with Gasteiger partial charge in [-0.3, -0.25) is 4.79 Å². The summed E-state index contributed by atoms with van der Waals surface area (Å²) in [5.74, 6) is -0.0475. The molecule has 2 aromatic rings. The Morgan fingerprint density at radius 3 is 2.40 bits per heavy atom. The van der Waals surface area contributed by atoms with E-state index in [0.29, 0.717) is 0 Å². The Bertz CT molecular complexity index is 706. The summed E-state index contributed by atoms with van der Waals surface area (Å²) in [6.07, 6.45) is 0. The van der Waals surface area contributed by atoms with Gasteiger partial charge in [0.15, 0.2) is 0 Å². The molecule has 3 rings (SSSR count). The van der Waals surface area contributed by atoms with Crippen LogP contribution in [0.3, 0.4) is 0 Å². The number of carbonyl (C=O) groups is 1. The highest BCUT2D eigenvalue weighted by Crippen LogP contribution is 2.19. The Hall–Kier alpha value is -2.53. The molecule has 1 saturated heterocycles. The Kier molecular flexibility index (Phi) is 5.56. The van der Waals surface area contributed by atoms with Crippen LogP contribution in [0.2, 0.25) is 0 Å². The quantitative estimate of drug-likeness (QED) is 0.880. The number of aryl methyl sites for hydroxylation is 1. The lowest BCUT2D eigenvalue weighted by atomic mass is 10.2. The van der Waals surface area contributed by atoms with E-state index in [-0.39, 0.29) is 12.5 Å². The zero-order valence-electron chi connectivity index (χ0n) is 15.0. The number of piperazine rings is 1. The third-order valence-electron chi connectivity index (χ3n) is 4.49. The number of anilines is 3. The summed E-state index contributed by atoms with van der Waals surface area (Å²) in [4.78, 5) is 16.8. The third-order valence-corrected chi connectivity index (χ3v) is 4.49. The van der Waals surface area contributed by atoms with E-state index >= 15 is 0 Å². The molecule has 2 aromatic carbocycles. The fourth-order valence-electron chi connectivity index (χ4n) is 2.97. The first-order chi connectivity index (χ1) is 12.1. The van der Waals surface area contributed by atoms with Crippen molar-refractivity contribution in [3.63, 3.8) is 0 Å². The summed E-state index contributed by atoms with van der Waals surface area (Å²) >= 11 is 0. The van der Waals surface area contributed by atoms with Gasteiger partial charge in [0.2, 0.25) is 5.91 Å². The van der Waals surface area contributed by atoms with E-state index < -0.39 is 0 Å². The van der Waals surface area contributed by atoms with Crippen LogP contribution in [0, 0.1) is 6.92 Å². The predicted molar refractivity (Wildman–Crippen MR) is 104 cm³/mol. The molecule has 0 spiro atoms. The van der Waals surface area contributed by atoms with Gasteiger partial charge in [0.25, 0.3) is 0 Å². The van der Waals surface area contributed by atoms with Gasteiger partial charge in [-0.15, -0.1) is 0 Å². The molecule has 1 aliphatic heterocycles. The average Bonchev–Trinajstić information content (AvgIpc) is 2.61. The number of nitrogens with one attached hydrogen (secondary N) is 2. The van der Waals surface area contributed by atoms with E-state index in [4.69, 9.17) is 0 Å². The van der Waals surface area contributed by atoms with Gasteiger partial charge in [-0.05, 0) is 55.9 Å². The van der Waals surface area contributed by atoms with Gasteiger partial charge in [-0.1, -0.05) is 12.1 Å². The molecule has 0 aliphatic carbocycles. The summed E-state index contributed by atoms with van der Waals surface area (Å²) in [6.45, 7) is 6.57. The maximum atomic E-state index is 12.1. The topological polar surface area (TPSA) is 47.6 Å². The van der Waals surface area contributed by atoms with Crippen LogP contribution < -0.4 is 15.5 Å². The number of rotatable bonds is 5. The monoisotopic (exact) mass is 338 g/mol. The largest absolute Gasteiger partial charge is 0.376 e. The van der Waals surface area contributed by atoms with Gasteiger partial charge < -0.3 is 20.4 Å². The van der Waals surface area contributed by atoms with Crippen molar-refractivity contribution in [1.82, 2.24) is 4.90 Å². The standard InChI is InChI=1S/C20H26N4O/c1-16-4-3-5-18(14-16)22-20(25)15-21-17-6-8-19(9-7-17)24-12-10-23(2)11-13-24/h3-9,14,21H,10-13,15H2,1-2H3,(H,22,25). The molecule has 5 heteroatoms. The van der Waals surface area contributed by atoms with Gasteiger partial charge in [0.1, 0.15) is 0 Å². The zero-order valence-corrected chi connectivity index (χ0v) is 15.0. The molecule has 0 unspecified atom stereocenters.